The minimum Gasteiger partial charge on any atom is -0.483 e. The molecule has 0 unspecified atom stereocenters. The highest BCUT2D eigenvalue weighted by Crippen LogP contribution is 2.49. The highest BCUT2D eigenvalue weighted by Gasteiger charge is 2.48. The molecule has 6 nitrogen and oxygen atoms in total. The van der Waals surface area contributed by atoms with Gasteiger partial charge in [0, 0.05) is 19.4 Å². The molecule has 3 aromatic carbocycles. The standard InChI is InChI=1S/C25H21NO5/c1-16(27)30-20-12-8-18(9-13-20)25(19-10-14-21(15-11-19)31-17(2)28)22-6-4-5-7-23(22)26-24(25)29-3/h4-15H,1-3H3. The number of para-hydroxylation sites is 1. The first-order chi connectivity index (χ1) is 14.9. The molecule has 31 heavy (non-hydrogen) atoms. The van der Waals surface area contributed by atoms with E-state index in [0.717, 1.165) is 22.4 Å². The number of hydrogen-bond donors (Lipinski definition) is 0. The average Bonchev–Trinajstić information content (AvgIpc) is 3.09. The average molecular weight is 415 g/mol. The first-order valence-electron chi connectivity index (χ1n) is 9.75. The van der Waals surface area contributed by atoms with Gasteiger partial charge in [-0.05, 0) is 41.5 Å². The second kappa shape index (κ2) is 8.07. The van der Waals surface area contributed by atoms with Crippen molar-refractivity contribution >= 4 is 23.5 Å². The Labute approximate surface area is 180 Å². The van der Waals surface area contributed by atoms with Crippen molar-refractivity contribution in [3.05, 3.63) is 89.5 Å². The van der Waals surface area contributed by atoms with Crippen LogP contribution >= 0.6 is 0 Å². The van der Waals surface area contributed by atoms with E-state index in [1.165, 1.54) is 13.8 Å². The number of ether oxygens (including phenoxy) is 3. The molecule has 0 amide bonds. The summed E-state index contributed by atoms with van der Waals surface area (Å²) in [5, 5.41) is 0. The molecule has 0 N–H and O–H groups in total. The zero-order chi connectivity index (χ0) is 22.0. The Kier molecular flexibility index (Phi) is 5.29. The summed E-state index contributed by atoms with van der Waals surface area (Å²) in [6.07, 6.45) is 0. The third kappa shape index (κ3) is 3.57. The third-order valence-electron chi connectivity index (χ3n) is 5.14. The van der Waals surface area contributed by atoms with Gasteiger partial charge in [-0.15, -0.1) is 0 Å². The fraction of sp³-hybridized carbons (Fsp3) is 0.160. The zero-order valence-corrected chi connectivity index (χ0v) is 17.4. The van der Waals surface area contributed by atoms with Crippen LogP contribution in [0.2, 0.25) is 0 Å². The van der Waals surface area contributed by atoms with Gasteiger partial charge in [0.15, 0.2) is 0 Å². The highest BCUT2D eigenvalue weighted by molar-refractivity contribution is 6.03. The van der Waals surface area contributed by atoms with Crippen molar-refractivity contribution in [2.75, 3.05) is 7.11 Å². The van der Waals surface area contributed by atoms with Crippen molar-refractivity contribution in [3.8, 4) is 11.5 Å². The van der Waals surface area contributed by atoms with Crippen LogP contribution in [0.3, 0.4) is 0 Å². The Morgan fingerprint density at radius 2 is 1.23 bits per heavy atom. The largest absolute Gasteiger partial charge is 0.483 e. The molecule has 0 spiro atoms. The summed E-state index contributed by atoms with van der Waals surface area (Å²) in [5.41, 5.74) is 2.76. The summed E-state index contributed by atoms with van der Waals surface area (Å²) in [6.45, 7) is 2.73. The molecular weight excluding hydrogens is 394 g/mol. The first kappa shape index (κ1) is 20.3. The summed E-state index contributed by atoms with van der Waals surface area (Å²) < 4.78 is 16.2. The maximum Gasteiger partial charge on any atom is 0.308 e. The van der Waals surface area contributed by atoms with Gasteiger partial charge >= 0.3 is 11.9 Å². The Bertz CT molecular complexity index is 1100. The number of rotatable bonds is 4. The van der Waals surface area contributed by atoms with E-state index < -0.39 is 5.41 Å². The van der Waals surface area contributed by atoms with Gasteiger partial charge in [-0.2, -0.15) is 0 Å². The zero-order valence-electron chi connectivity index (χ0n) is 17.4. The number of aliphatic imine (C=N–C) groups is 1. The van der Waals surface area contributed by atoms with Crippen LogP contribution in [0.5, 0.6) is 11.5 Å². The van der Waals surface area contributed by atoms with E-state index in [2.05, 4.69) is 0 Å². The number of fused-ring (bicyclic) bond motifs is 1. The number of hydrogen-bond acceptors (Lipinski definition) is 6. The third-order valence-corrected chi connectivity index (χ3v) is 5.14. The molecule has 0 atom stereocenters. The van der Waals surface area contributed by atoms with Crippen molar-refractivity contribution < 1.29 is 23.8 Å². The lowest BCUT2D eigenvalue weighted by Crippen LogP contribution is -2.37. The van der Waals surface area contributed by atoms with Crippen LogP contribution in [0, 0.1) is 0 Å². The molecule has 0 fully saturated rings. The quantitative estimate of drug-likeness (QED) is 0.461. The highest BCUT2D eigenvalue weighted by atomic mass is 16.5. The maximum absolute atomic E-state index is 11.3. The molecule has 0 aromatic heterocycles. The summed E-state index contributed by atoms with van der Waals surface area (Å²) >= 11 is 0. The lowest BCUT2D eigenvalue weighted by atomic mass is 9.70. The summed E-state index contributed by atoms with van der Waals surface area (Å²) in [4.78, 5) is 27.4. The van der Waals surface area contributed by atoms with E-state index in [1.807, 2.05) is 48.5 Å². The van der Waals surface area contributed by atoms with Crippen molar-refractivity contribution in [1.29, 1.82) is 0 Å². The summed E-state index contributed by atoms with van der Waals surface area (Å²) in [7, 11) is 1.60. The van der Waals surface area contributed by atoms with Crippen molar-refractivity contribution in [2.45, 2.75) is 19.3 Å². The normalized spacial score (nSPS) is 13.7. The van der Waals surface area contributed by atoms with Crippen LogP contribution < -0.4 is 9.47 Å². The molecular formula is C25H21NO5. The summed E-state index contributed by atoms with van der Waals surface area (Å²) in [5.74, 6) is 0.675. The lowest BCUT2D eigenvalue weighted by Gasteiger charge is -2.32. The molecule has 6 heteroatoms. The van der Waals surface area contributed by atoms with Gasteiger partial charge < -0.3 is 14.2 Å². The van der Waals surface area contributed by atoms with Crippen LogP contribution in [0.15, 0.2) is 77.8 Å². The van der Waals surface area contributed by atoms with Crippen molar-refractivity contribution in [3.63, 3.8) is 0 Å². The molecule has 4 rings (SSSR count). The van der Waals surface area contributed by atoms with Crippen molar-refractivity contribution in [1.82, 2.24) is 0 Å². The Hall–Kier alpha value is -3.93. The van der Waals surface area contributed by atoms with E-state index in [4.69, 9.17) is 19.2 Å². The maximum atomic E-state index is 11.3. The Balaban J connectivity index is 1.91. The number of esters is 2. The van der Waals surface area contributed by atoms with E-state index in [-0.39, 0.29) is 11.9 Å². The minimum absolute atomic E-state index is 0.381. The second-order valence-electron chi connectivity index (χ2n) is 7.12. The molecule has 0 radical (unpaired) electrons. The van der Waals surface area contributed by atoms with Crippen LogP contribution in [-0.4, -0.2) is 24.9 Å². The second-order valence-corrected chi connectivity index (χ2v) is 7.12. The van der Waals surface area contributed by atoms with Gasteiger partial charge in [-0.25, -0.2) is 4.99 Å². The van der Waals surface area contributed by atoms with Crippen LogP contribution in [0.25, 0.3) is 0 Å². The Morgan fingerprint density at radius 3 is 1.68 bits per heavy atom. The summed E-state index contributed by atoms with van der Waals surface area (Å²) in [6, 6.07) is 22.4. The van der Waals surface area contributed by atoms with Gasteiger partial charge in [0.05, 0.1) is 12.8 Å². The van der Waals surface area contributed by atoms with Gasteiger partial charge in [-0.3, -0.25) is 9.59 Å². The molecule has 0 bridgehead atoms. The number of carbonyl (C=O) groups is 2. The molecule has 3 aromatic rings. The van der Waals surface area contributed by atoms with Gasteiger partial charge in [0.1, 0.15) is 16.9 Å². The van der Waals surface area contributed by atoms with E-state index in [1.54, 1.807) is 31.4 Å². The fourth-order valence-corrected chi connectivity index (χ4v) is 4.00. The van der Waals surface area contributed by atoms with Gasteiger partial charge in [0.25, 0.3) is 0 Å². The molecule has 1 aliphatic rings. The Morgan fingerprint density at radius 1 is 0.742 bits per heavy atom. The topological polar surface area (TPSA) is 74.2 Å². The molecule has 1 aliphatic heterocycles. The van der Waals surface area contributed by atoms with Crippen molar-refractivity contribution in [2.24, 2.45) is 4.99 Å². The SMILES string of the molecule is COC1=Nc2ccccc2C1(c1ccc(OC(C)=O)cc1)c1ccc(OC(C)=O)cc1. The monoisotopic (exact) mass is 415 g/mol. The predicted molar refractivity (Wildman–Crippen MR) is 116 cm³/mol. The van der Waals surface area contributed by atoms with Crippen LogP contribution in [0.1, 0.15) is 30.5 Å². The predicted octanol–water partition coefficient (Wildman–Crippen LogP) is 4.56. The molecule has 0 saturated carbocycles. The van der Waals surface area contributed by atoms with E-state index in [9.17, 15) is 9.59 Å². The number of methoxy groups -OCH3 is 1. The number of carbonyl (C=O) groups excluding carboxylic acids is 2. The number of benzene rings is 3. The molecule has 1 heterocycles. The van der Waals surface area contributed by atoms with Crippen LogP contribution in [-0.2, 0) is 19.7 Å². The van der Waals surface area contributed by atoms with E-state index >= 15 is 0 Å². The van der Waals surface area contributed by atoms with Gasteiger partial charge in [-0.1, -0.05) is 42.5 Å². The molecule has 0 aliphatic carbocycles. The fourth-order valence-electron chi connectivity index (χ4n) is 4.00. The van der Waals surface area contributed by atoms with Crippen LogP contribution in [0.4, 0.5) is 5.69 Å². The smallest absolute Gasteiger partial charge is 0.308 e. The minimum atomic E-state index is -0.811. The first-order valence-corrected chi connectivity index (χ1v) is 9.75. The van der Waals surface area contributed by atoms with Gasteiger partial charge in [0.2, 0.25) is 5.90 Å². The van der Waals surface area contributed by atoms with E-state index in [0.29, 0.717) is 17.4 Å². The lowest BCUT2D eigenvalue weighted by molar-refractivity contribution is -0.132. The molecule has 0 saturated heterocycles. The molecule has 156 valence electrons. The number of nitrogens with zero attached hydrogens (tertiary/aromatic N) is 1.